The van der Waals surface area contributed by atoms with E-state index in [9.17, 15) is 9.59 Å². The first kappa shape index (κ1) is 14.3. The molecule has 4 heteroatoms. The van der Waals surface area contributed by atoms with Gasteiger partial charge in [-0.05, 0) is 49.2 Å². The highest BCUT2D eigenvalue weighted by molar-refractivity contribution is 6.04. The van der Waals surface area contributed by atoms with Gasteiger partial charge in [0.15, 0.2) is 0 Å². The van der Waals surface area contributed by atoms with Crippen LogP contribution >= 0.6 is 0 Å². The van der Waals surface area contributed by atoms with Crippen molar-refractivity contribution in [3.63, 3.8) is 0 Å². The van der Waals surface area contributed by atoms with Crippen molar-refractivity contribution in [1.82, 2.24) is 0 Å². The SMILES string of the molecule is O=C(Nc1ccc(N2CCCCC2=O)cc1)c1ccccc1. The van der Waals surface area contributed by atoms with Crippen LogP contribution in [0.25, 0.3) is 0 Å². The minimum atomic E-state index is -0.137. The molecule has 1 N–H and O–H groups in total. The number of carbonyl (C=O) groups excluding carboxylic acids is 2. The third-order valence-electron chi connectivity index (χ3n) is 3.80. The first-order valence-electron chi connectivity index (χ1n) is 7.51. The molecule has 2 aromatic carbocycles. The van der Waals surface area contributed by atoms with Gasteiger partial charge in [-0.15, -0.1) is 0 Å². The summed E-state index contributed by atoms with van der Waals surface area (Å²) in [5, 5.41) is 2.86. The van der Waals surface area contributed by atoms with Crippen molar-refractivity contribution in [2.24, 2.45) is 0 Å². The highest BCUT2D eigenvalue weighted by Gasteiger charge is 2.19. The number of benzene rings is 2. The predicted molar refractivity (Wildman–Crippen MR) is 87.0 cm³/mol. The van der Waals surface area contributed by atoms with E-state index in [0.717, 1.165) is 30.8 Å². The second-order valence-corrected chi connectivity index (χ2v) is 5.37. The molecule has 0 unspecified atom stereocenters. The van der Waals surface area contributed by atoms with Crippen LogP contribution in [-0.4, -0.2) is 18.4 Å². The average molecular weight is 294 g/mol. The molecule has 0 radical (unpaired) electrons. The summed E-state index contributed by atoms with van der Waals surface area (Å²) in [6, 6.07) is 16.5. The highest BCUT2D eigenvalue weighted by Crippen LogP contribution is 2.22. The molecule has 112 valence electrons. The summed E-state index contributed by atoms with van der Waals surface area (Å²) in [7, 11) is 0. The average Bonchev–Trinajstić information content (AvgIpc) is 2.57. The Morgan fingerprint density at radius 1 is 0.955 bits per heavy atom. The lowest BCUT2D eigenvalue weighted by molar-refractivity contribution is -0.119. The number of carbonyl (C=O) groups is 2. The van der Waals surface area contributed by atoms with Crippen LogP contribution in [-0.2, 0) is 4.79 Å². The van der Waals surface area contributed by atoms with Crippen LogP contribution in [0.1, 0.15) is 29.6 Å². The van der Waals surface area contributed by atoms with E-state index in [1.54, 1.807) is 12.1 Å². The van der Waals surface area contributed by atoms with Gasteiger partial charge in [0.25, 0.3) is 5.91 Å². The lowest BCUT2D eigenvalue weighted by Gasteiger charge is -2.26. The summed E-state index contributed by atoms with van der Waals surface area (Å²) in [5.41, 5.74) is 2.24. The van der Waals surface area contributed by atoms with E-state index in [-0.39, 0.29) is 11.8 Å². The Bertz CT molecular complexity index is 665. The predicted octanol–water partition coefficient (Wildman–Crippen LogP) is 3.46. The zero-order valence-electron chi connectivity index (χ0n) is 12.3. The van der Waals surface area contributed by atoms with Crippen molar-refractivity contribution >= 4 is 23.2 Å². The third kappa shape index (κ3) is 3.17. The topological polar surface area (TPSA) is 49.4 Å². The Balaban J connectivity index is 1.69. The van der Waals surface area contributed by atoms with Gasteiger partial charge in [-0.1, -0.05) is 18.2 Å². The largest absolute Gasteiger partial charge is 0.322 e. The Hall–Kier alpha value is -2.62. The standard InChI is InChI=1S/C18H18N2O2/c21-17-8-4-5-13-20(17)16-11-9-15(10-12-16)19-18(22)14-6-2-1-3-7-14/h1-3,6-7,9-12H,4-5,8,13H2,(H,19,22). The molecule has 3 rings (SSSR count). The molecule has 4 nitrogen and oxygen atoms in total. The van der Waals surface area contributed by atoms with Gasteiger partial charge in [0.2, 0.25) is 5.91 Å². The second-order valence-electron chi connectivity index (χ2n) is 5.37. The van der Waals surface area contributed by atoms with Crippen LogP contribution in [0.2, 0.25) is 0 Å². The quantitative estimate of drug-likeness (QED) is 0.942. The van der Waals surface area contributed by atoms with Crippen LogP contribution in [0.5, 0.6) is 0 Å². The Morgan fingerprint density at radius 2 is 1.68 bits per heavy atom. The van der Waals surface area contributed by atoms with Gasteiger partial charge >= 0.3 is 0 Å². The molecule has 22 heavy (non-hydrogen) atoms. The van der Waals surface area contributed by atoms with Crippen LogP contribution < -0.4 is 10.2 Å². The zero-order valence-corrected chi connectivity index (χ0v) is 12.3. The molecular weight excluding hydrogens is 276 g/mol. The summed E-state index contributed by atoms with van der Waals surface area (Å²) >= 11 is 0. The molecule has 1 heterocycles. The molecule has 0 spiro atoms. The molecule has 1 saturated heterocycles. The van der Waals surface area contributed by atoms with E-state index in [2.05, 4.69) is 5.32 Å². The Morgan fingerprint density at radius 3 is 2.36 bits per heavy atom. The number of hydrogen-bond donors (Lipinski definition) is 1. The minimum absolute atomic E-state index is 0.137. The van der Waals surface area contributed by atoms with E-state index in [1.807, 2.05) is 47.4 Å². The summed E-state index contributed by atoms with van der Waals surface area (Å²) < 4.78 is 0. The van der Waals surface area contributed by atoms with E-state index < -0.39 is 0 Å². The van der Waals surface area contributed by atoms with Crippen molar-refractivity contribution in [3.8, 4) is 0 Å². The number of nitrogens with zero attached hydrogens (tertiary/aromatic N) is 1. The number of rotatable bonds is 3. The summed E-state index contributed by atoms with van der Waals surface area (Å²) in [5.74, 6) is 0.0368. The smallest absolute Gasteiger partial charge is 0.255 e. The maximum atomic E-state index is 12.1. The van der Waals surface area contributed by atoms with E-state index in [4.69, 9.17) is 0 Å². The lowest BCUT2D eigenvalue weighted by Crippen LogP contribution is -2.35. The van der Waals surface area contributed by atoms with Crippen LogP contribution in [0.15, 0.2) is 54.6 Å². The number of hydrogen-bond acceptors (Lipinski definition) is 2. The van der Waals surface area contributed by atoms with Gasteiger partial charge in [0.1, 0.15) is 0 Å². The van der Waals surface area contributed by atoms with E-state index in [0.29, 0.717) is 12.0 Å². The first-order chi connectivity index (χ1) is 10.7. The van der Waals surface area contributed by atoms with E-state index in [1.165, 1.54) is 0 Å². The molecule has 2 amide bonds. The second kappa shape index (κ2) is 6.43. The maximum absolute atomic E-state index is 12.1. The zero-order chi connectivity index (χ0) is 15.4. The number of piperidine rings is 1. The van der Waals surface area contributed by atoms with Crippen molar-refractivity contribution in [2.45, 2.75) is 19.3 Å². The molecule has 0 bridgehead atoms. The lowest BCUT2D eigenvalue weighted by atomic mass is 10.1. The molecule has 0 aromatic heterocycles. The fraction of sp³-hybridized carbons (Fsp3) is 0.222. The molecular formula is C18H18N2O2. The summed E-state index contributed by atoms with van der Waals surface area (Å²) in [6.07, 6.45) is 2.63. The monoisotopic (exact) mass is 294 g/mol. The van der Waals surface area contributed by atoms with Crippen molar-refractivity contribution in [3.05, 3.63) is 60.2 Å². The first-order valence-corrected chi connectivity index (χ1v) is 7.51. The van der Waals surface area contributed by atoms with Crippen LogP contribution in [0, 0.1) is 0 Å². The normalized spacial score (nSPS) is 14.7. The highest BCUT2D eigenvalue weighted by atomic mass is 16.2. The maximum Gasteiger partial charge on any atom is 0.255 e. The van der Waals surface area contributed by atoms with E-state index >= 15 is 0 Å². The third-order valence-corrected chi connectivity index (χ3v) is 3.80. The minimum Gasteiger partial charge on any atom is -0.322 e. The van der Waals surface area contributed by atoms with Gasteiger partial charge in [-0.25, -0.2) is 0 Å². The van der Waals surface area contributed by atoms with Crippen molar-refractivity contribution < 1.29 is 9.59 Å². The summed E-state index contributed by atoms with van der Waals surface area (Å²) in [4.78, 5) is 25.8. The molecule has 1 fully saturated rings. The Kier molecular flexibility index (Phi) is 4.19. The van der Waals surface area contributed by atoms with Crippen LogP contribution in [0.3, 0.4) is 0 Å². The molecule has 1 aliphatic rings. The van der Waals surface area contributed by atoms with Crippen molar-refractivity contribution in [2.75, 3.05) is 16.8 Å². The summed E-state index contributed by atoms with van der Waals surface area (Å²) in [6.45, 7) is 0.772. The molecule has 0 atom stereocenters. The van der Waals surface area contributed by atoms with Gasteiger partial charge in [-0.2, -0.15) is 0 Å². The molecule has 1 aliphatic heterocycles. The van der Waals surface area contributed by atoms with Gasteiger partial charge < -0.3 is 10.2 Å². The Labute approximate surface area is 129 Å². The molecule has 0 aliphatic carbocycles. The number of amides is 2. The van der Waals surface area contributed by atoms with Gasteiger partial charge in [0, 0.05) is 29.9 Å². The van der Waals surface area contributed by atoms with Gasteiger partial charge in [0.05, 0.1) is 0 Å². The molecule has 0 saturated carbocycles. The van der Waals surface area contributed by atoms with Gasteiger partial charge in [-0.3, -0.25) is 9.59 Å². The molecule has 2 aromatic rings. The van der Waals surface area contributed by atoms with Crippen LogP contribution in [0.4, 0.5) is 11.4 Å². The fourth-order valence-corrected chi connectivity index (χ4v) is 2.60. The number of nitrogens with one attached hydrogen (secondary N) is 1. The fourth-order valence-electron chi connectivity index (χ4n) is 2.60. The van der Waals surface area contributed by atoms with Crippen molar-refractivity contribution in [1.29, 1.82) is 0 Å². The number of anilines is 2.